The van der Waals surface area contributed by atoms with Crippen molar-refractivity contribution in [2.45, 2.75) is 25.7 Å². The quantitative estimate of drug-likeness (QED) is 0.676. The molecule has 1 saturated carbocycles. The molecular formula is C13H15NO3. The van der Waals surface area contributed by atoms with Gasteiger partial charge in [-0.05, 0) is 25.0 Å². The molecule has 0 saturated heterocycles. The van der Waals surface area contributed by atoms with Crippen molar-refractivity contribution in [1.82, 2.24) is 0 Å². The van der Waals surface area contributed by atoms with E-state index in [0.717, 1.165) is 25.7 Å². The van der Waals surface area contributed by atoms with Gasteiger partial charge in [0, 0.05) is 6.07 Å². The van der Waals surface area contributed by atoms with Crippen molar-refractivity contribution in [2.75, 3.05) is 11.9 Å². The summed E-state index contributed by atoms with van der Waals surface area (Å²) in [5.41, 5.74) is 0.283. The van der Waals surface area contributed by atoms with Gasteiger partial charge in [0.1, 0.15) is 18.1 Å². The second-order valence-corrected chi connectivity index (χ2v) is 4.91. The maximum Gasteiger partial charge on any atom is 0.234 e. The molecule has 2 aliphatic rings. The van der Waals surface area contributed by atoms with E-state index in [4.69, 9.17) is 4.74 Å². The number of nitrogens with one attached hydrogen (secondary N) is 1. The van der Waals surface area contributed by atoms with E-state index < -0.39 is 0 Å². The molecular weight excluding hydrogens is 218 g/mol. The first-order valence-corrected chi connectivity index (χ1v) is 5.97. The number of phenolic OH excluding ortho intramolecular Hbond substituents is 1. The molecule has 1 amide bonds. The summed E-state index contributed by atoms with van der Waals surface area (Å²) in [6, 6.07) is 4.77. The molecule has 17 heavy (non-hydrogen) atoms. The molecule has 0 unspecified atom stereocenters. The highest BCUT2D eigenvalue weighted by Crippen LogP contribution is 2.43. The fourth-order valence-corrected chi connectivity index (χ4v) is 2.69. The normalized spacial score (nSPS) is 21.5. The van der Waals surface area contributed by atoms with Crippen LogP contribution in [0.25, 0.3) is 0 Å². The largest absolute Gasteiger partial charge is 0.508 e. The van der Waals surface area contributed by atoms with Gasteiger partial charge in [0.2, 0.25) is 5.91 Å². The molecule has 1 aliphatic carbocycles. The highest BCUT2D eigenvalue weighted by atomic mass is 16.5. The molecule has 2 N–H and O–H groups in total. The molecule has 1 spiro atoms. The minimum absolute atomic E-state index is 0.0550. The number of anilines is 1. The molecule has 1 fully saturated rings. The first-order valence-electron chi connectivity index (χ1n) is 5.97. The van der Waals surface area contributed by atoms with Crippen molar-refractivity contribution < 1.29 is 14.6 Å². The lowest BCUT2D eigenvalue weighted by Crippen LogP contribution is -2.37. The molecule has 3 rings (SSSR count). The van der Waals surface area contributed by atoms with Gasteiger partial charge in [0.05, 0.1) is 11.1 Å². The first-order chi connectivity index (χ1) is 8.20. The molecule has 4 nitrogen and oxygen atoms in total. The van der Waals surface area contributed by atoms with Gasteiger partial charge in [0.15, 0.2) is 0 Å². The zero-order chi connectivity index (χ0) is 11.9. The van der Waals surface area contributed by atoms with Crippen LogP contribution < -0.4 is 10.1 Å². The van der Waals surface area contributed by atoms with E-state index in [9.17, 15) is 9.90 Å². The van der Waals surface area contributed by atoms with E-state index in [1.54, 1.807) is 18.2 Å². The van der Waals surface area contributed by atoms with E-state index in [1.807, 2.05) is 0 Å². The van der Waals surface area contributed by atoms with Gasteiger partial charge < -0.3 is 15.2 Å². The smallest absolute Gasteiger partial charge is 0.234 e. The van der Waals surface area contributed by atoms with Gasteiger partial charge in [-0.1, -0.05) is 12.8 Å². The van der Waals surface area contributed by atoms with Crippen molar-refractivity contribution in [1.29, 1.82) is 0 Å². The molecule has 0 atom stereocenters. The topological polar surface area (TPSA) is 58.6 Å². The Morgan fingerprint density at radius 2 is 2.06 bits per heavy atom. The van der Waals surface area contributed by atoms with Crippen LogP contribution in [0.15, 0.2) is 18.2 Å². The highest BCUT2D eigenvalue weighted by molar-refractivity contribution is 5.97. The van der Waals surface area contributed by atoms with E-state index in [2.05, 4.69) is 5.32 Å². The summed E-state index contributed by atoms with van der Waals surface area (Å²) in [6.45, 7) is 0.412. The summed E-state index contributed by atoms with van der Waals surface area (Å²) < 4.78 is 5.69. The lowest BCUT2D eigenvalue weighted by Gasteiger charge is -2.23. The van der Waals surface area contributed by atoms with Crippen LogP contribution in [0.1, 0.15) is 25.7 Å². The van der Waals surface area contributed by atoms with Crippen molar-refractivity contribution in [2.24, 2.45) is 5.41 Å². The Bertz CT molecular complexity index is 464. The SMILES string of the molecule is O=C1Nc2ccc(O)cc2OCC12CCCC2. The standard InChI is InChI=1S/C13H15NO3/c15-9-3-4-10-11(7-9)17-8-13(12(16)14-10)5-1-2-6-13/h3-4,7,15H,1-2,5-6,8H2,(H,14,16). The Morgan fingerprint density at radius 1 is 1.29 bits per heavy atom. The lowest BCUT2D eigenvalue weighted by molar-refractivity contribution is -0.126. The van der Waals surface area contributed by atoms with Crippen molar-refractivity contribution in [3.8, 4) is 11.5 Å². The van der Waals surface area contributed by atoms with Crippen LogP contribution in [-0.4, -0.2) is 17.6 Å². The number of hydrogen-bond acceptors (Lipinski definition) is 3. The summed E-state index contributed by atoms with van der Waals surface area (Å²) in [5.74, 6) is 0.766. The third-order valence-corrected chi connectivity index (χ3v) is 3.76. The summed E-state index contributed by atoms with van der Waals surface area (Å²) in [4.78, 5) is 12.2. The molecule has 90 valence electrons. The average Bonchev–Trinajstić information content (AvgIpc) is 2.74. The molecule has 0 bridgehead atoms. The van der Waals surface area contributed by atoms with Crippen molar-refractivity contribution >= 4 is 11.6 Å². The minimum atomic E-state index is -0.366. The van der Waals surface area contributed by atoms with Crippen LogP contribution >= 0.6 is 0 Å². The average molecular weight is 233 g/mol. The number of carbonyl (C=O) groups excluding carboxylic acids is 1. The fraction of sp³-hybridized carbons (Fsp3) is 0.462. The number of aromatic hydroxyl groups is 1. The molecule has 1 heterocycles. The van der Waals surface area contributed by atoms with Crippen LogP contribution in [0.5, 0.6) is 11.5 Å². The van der Waals surface area contributed by atoms with Crippen LogP contribution in [0.3, 0.4) is 0 Å². The number of hydrogen-bond donors (Lipinski definition) is 2. The molecule has 1 aromatic rings. The summed E-state index contributed by atoms with van der Waals surface area (Å²) in [6.07, 6.45) is 3.94. The number of phenols is 1. The summed E-state index contributed by atoms with van der Waals surface area (Å²) in [7, 11) is 0. The van der Waals surface area contributed by atoms with E-state index in [-0.39, 0.29) is 17.1 Å². The number of benzene rings is 1. The Hall–Kier alpha value is -1.71. The third-order valence-electron chi connectivity index (χ3n) is 3.76. The maximum absolute atomic E-state index is 12.2. The number of fused-ring (bicyclic) bond motifs is 1. The predicted molar refractivity (Wildman–Crippen MR) is 63.1 cm³/mol. The highest BCUT2D eigenvalue weighted by Gasteiger charge is 2.43. The van der Waals surface area contributed by atoms with Crippen molar-refractivity contribution in [3.05, 3.63) is 18.2 Å². The minimum Gasteiger partial charge on any atom is -0.508 e. The van der Waals surface area contributed by atoms with Crippen LogP contribution in [0, 0.1) is 5.41 Å². The zero-order valence-electron chi connectivity index (χ0n) is 9.53. The number of amides is 1. The predicted octanol–water partition coefficient (Wildman–Crippen LogP) is 2.28. The summed E-state index contributed by atoms with van der Waals surface area (Å²) in [5, 5.41) is 12.3. The third kappa shape index (κ3) is 1.64. The monoisotopic (exact) mass is 233 g/mol. The lowest BCUT2D eigenvalue weighted by atomic mass is 9.86. The van der Waals surface area contributed by atoms with Crippen LogP contribution in [-0.2, 0) is 4.79 Å². The zero-order valence-corrected chi connectivity index (χ0v) is 9.53. The van der Waals surface area contributed by atoms with Crippen molar-refractivity contribution in [3.63, 3.8) is 0 Å². The first kappa shape index (κ1) is 10.4. The molecule has 0 aromatic heterocycles. The van der Waals surface area contributed by atoms with Gasteiger partial charge in [0.25, 0.3) is 0 Å². The van der Waals surface area contributed by atoms with Crippen LogP contribution in [0.4, 0.5) is 5.69 Å². The molecule has 0 radical (unpaired) electrons. The fourth-order valence-electron chi connectivity index (χ4n) is 2.69. The maximum atomic E-state index is 12.2. The van der Waals surface area contributed by atoms with Crippen LogP contribution in [0.2, 0.25) is 0 Å². The van der Waals surface area contributed by atoms with Gasteiger partial charge in [-0.2, -0.15) is 0 Å². The van der Waals surface area contributed by atoms with Gasteiger partial charge in [-0.15, -0.1) is 0 Å². The molecule has 1 aromatic carbocycles. The number of ether oxygens (including phenoxy) is 1. The van der Waals surface area contributed by atoms with Gasteiger partial charge in [-0.3, -0.25) is 4.79 Å². The Labute approximate surface area is 99.6 Å². The van der Waals surface area contributed by atoms with E-state index in [1.165, 1.54) is 0 Å². The van der Waals surface area contributed by atoms with E-state index in [0.29, 0.717) is 18.0 Å². The second kappa shape index (κ2) is 3.65. The van der Waals surface area contributed by atoms with Gasteiger partial charge in [-0.25, -0.2) is 0 Å². The Morgan fingerprint density at radius 3 is 2.82 bits per heavy atom. The molecule has 1 aliphatic heterocycles. The number of rotatable bonds is 0. The van der Waals surface area contributed by atoms with E-state index >= 15 is 0 Å². The Balaban J connectivity index is 1.96. The second-order valence-electron chi connectivity index (χ2n) is 4.91. The summed E-state index contributed by atoms with van der Waals surface area (Å²) >= 11 is 0. The Kier molecular flexibility index (Phi) is 2.24. The molecule has 4 heteroatoms. The number of carbonyl (C=O) groups is 1. The van der Waals surface area contributed by atoms with Gasteiger partial charge >= 0.3 is 0 Å².